The first-order chi connectivity index (χ1) is 7.77. The van der Waals surface area contributed by atoms with Crippen molar-refractivity contribution >= 4 is 5.78 Å². The molecule has 0 saturated carbocycles. The van der Waals surface area contributed by atoms with Crippen LogP contribution in [0.4, 0.5) is 0 Å². The first-order valence-electron chi connectivity index (χ1n) is 5.12. The molecular weight excluding hydrogens is 200 g/mol. The van der Waals surface area contributed by atoms with E-state index in [0.717, 1.165) is 11.3 Å². The van der Waals surface area contributed by atoms with Gasteiger partial charge in [-0.15, -0.1) is 0 Å². The third-order valence-corrected chi connectivity index (χ3v) is 2.34. The lowest BCUT2D eigenvalue weighted by Gasteiger charge is -2.02. The number of Topliss-reactive ketones (excluding diaryl/α,β-unsaturated/α-hetero) is 1. The van der Waals surface area contributed by atoms with Gasteiger partial charge >= 0.3 is 0 Å². The van der Waals surface area contributed by atoms with Gasteiger partial charge in [-0.2, -0.15) is 0 Å². The molecule has 2 aromatic heterocycles. The lowest BCUT2D eigenvalue weighted by molar-refractivity contribution is 0.0986. The lowest BCUT2D eigenvalue weighted by atomic mass is 10.1. The molecule has 0 aliphatic carbocycles. The number of pyridine rings is 2. The number of hydrogen-bond donors (Lipinski definition) is 0. The zero-order chi connectivity index (χ0) is 11.4. The van der Waals surface area contributed by atoms with E-state index in [-0.39, 0.29) is 5.78 Å². The number of aryl methyl sites for hydroxylation is 1. The molecule has 0 saturated heterocycles. The van der Waals surface area contributed by atoms with Crippen LogP contribution in [0, 0.1) is 6.92 Å². The van der Waals surface area contributed by atoms with Gasteiger partial charge in [-0.1, -0.05) is 12.1 Å². The van der Waals surface area contributed by atoms with Crippen LogP contribution in [0.3, 0.4) is 0 Å². The van der Waals surface area contributed by atoms with Gasteiger partial charge in [0.05, 0.1) is 6.42 Å². The number of aromatic nitrogens is 2. The van der Waals surface area contributed by atoms with E-state index >= 15 is 0 Å². The SMILES string of the molecule is Cc1cccnc1C(=O)Cc1ccccn1. The van der Waals surface area contributed by atoms with Crippen molar-refractivity contribution in [2.75, 3.05) is 0 Å². The maximum atomic E-state index is 11.9. The molecular formula is C13H12N2O. The Balaban J connectivity index is 2.19. The van der Waals surface area contributed by atoms with Gasteiger partial charge in [0.15, 0.2) is 5.78 Å². The topological polar surface area (TPSA) is 42.9 Å². The standard InChI is InChI=1S/C13H12N2O/c1-10-5-4-8-15-13(10)12(16)9-11-6-2-3-7-14-11/h2-8H,9H2,1H3. The van der Waals surface area contributed by atoms with Gasteiger partial charge in [-0.25, -0.2) is 0 Å². The Labute approximate surface area is 94.2 Å². The van der Waals surface area contributed by atoms with Gasteiger partial charge in [0, 0.05) is 18.1 Å². The highest BCUT2D eigenvalue weighted by Crippen LogP contribution is 2.07. The van der Waals surface area contributed by atoms with Crippen molar-refractivity contribution < 1.29 is 4.79 Å². The minimum absolute atomic E-state index is 0.0109. The predicted octanol–water partition coefficient (Wildman–Crippen LogP) is 2.21. The van der Waals surface area contributed by atoms with E-state index in [1.54, 1.807) is 12.4 Å². The summed E-state index contributed by atoms with van der Waals surface area (Å²) in [6, 6.07) is 9.27. The molecule has 0 bridgehead atoms. The summed E-state index contributed by atoms with van der Waals surface area (Å²) in [4.78, 5) is 20.2. The Hall–Kier alpha value is -2.03. The van der Waals surface area contributed by atoms with Gasteiger partial charge in [-0.3, -0.25) is 14.8 Å². The Bertz CT molecular complexity index is 494. The molecule has 3 heteroatoms. The predicted molar refractivity (Wildman–Crippen MR) is 61.2 cm³/mol. The highest BCUT2D eigenvalue weighted by molar-refractivity contribution is 5.96. The molecule has 0 fully saturated rings. The summed E-state index contributed by atoms with van der Waals surface area (Å²) in [5.41, 5.74) is 2.22. The quantitative estimate of drug-likeness (QED) is 0.732. The second-order valence-corrected chi connectivity index (χ2v) is 3.59. The van der Waals surface area contributed by atoms with Crippen LogP contribution in [0.1, 0.15) is 21.7 Å². The molecule has 2 heterocycles. The molecule has 0 aromatic carbocycles. The van der Waals surface area contributed by atoms with Crippen LogP contribution in [-0.4, -0.2) is 15.8 Å². The fraction of sp³-hybridized carbons (Fsp3) is 0.154. The van der Waals surface area contributed by atoms with Crippen molar-refractivity contribution in [3.8, 4) is 0 Å². The van der Waals surface area contributed by atoms with Crippen molar-refractivity contribution in [2.45, 2.75) is 13.3 Å². The van der Waals surface area contributed by atoms with Crippen LogP contribution in [0.25, 0.3) is 0 Å². The molecule has 2 aromatic rings. The normalized spacial score (nSPS) is 10.1. The summed E-state index contributed by atoms with van der Waals surface area (Å²) < 4.78 is 0. The molecule has 0 radical (unpaired) electrons. The zero-order valence-corrected chi connectivity index (χ0v) is 9.05. The summed E-state index contributed by atoms with van der Waals surface area (Å²) in [6.45, 7) is 1.89. The Morgan fingerprint density at radius 2 is 1.94 bits per heavy atom. The molecule has 3 nitrogen and oxygen atoms in total. The van der Waals surface area contributed by atoms with E-state index in [1.165, 1.54) is 0 Å². The van der Waals surface area contributed by atoms with Crippen LogP contribution >= 0.6 is 0 Å². The van der Waals surface area contributed by atoms with Crippen LogP contribution in [0.15, 0.2) is 42.7 Å². The van der Waals surface area contributed by atoms with Crippen LogP contribution in [0.2, 0.25) is 0 Å². The third-order valence-electron chi connectivity index (χ3n) is 2.34. The second kappa shape index (κ2) is 4.66. The number of hydrogen-bond acceptors (Lipinski definition) is 3. The van der Waals surface area contributed by atoms with E-state index in [4.69, 9.17) is 0 Å². The fourth-order valence-electron chi connectivity index (χ4n) is 1.53. The summed E-state index contributed by atoms with van der Waals surface area (Å²) in [5.74, 6) is 0.0109. The number of carbonyl (C=O) groups excluding carboxylic acids is 1. The van der Waals surface area contributed by atoms with E-state index in [1.807, 2.05) is 37.3 Å². The molecule has 16 heavy (non-hydrogen) atoms. The second-order valence-electron chi connectivity index (χ2n) is 3.59. The van der Waals surface area contributed by atoms with Gasteiger partial charge < -0.3 is 0 Å². The average Bonchev–Trinajstić information content (AvgIpc) is 2.31. The number of carbonyl (C=O) groups is 1. The Morgan fingerprint density at radius 3 is 2.62 bits per heavy atom. The van der Waals surface area contributed by atoms with Crippen molar-refractivity contribution in [2.24, 2.45) is 0 Å². The van der Waals surface area contributed by atoms with Crippen LogP contribution < -0.4 is 0 Å². The molecule has 0 N–H and O–H groups in total. The monoisotopic (exact) mass is 212 g/mol. The molecule has 0 unspecified atom stereocenters. The molecule has 0 atom stereocenters. The van der Waals surface area contributed by atoms with Crippen molar-refractivity contribution in [1.82, 2.24) is 9.97 Å². The number of ketones is 1. The number of nitrogens with zero attached hydrogens (tertiary/aromatic N) is 2. The molecule has 0 spiro atoms. The maximum Gasteiger partial charge on any atom is 0.187 e. The first-order valence-corrected chi connectivity index (χ1v) is 5.12. The minimum Gasteiger partial charge on any atom is -0.292 e. The van der Waals surface area contributed by atoms with Crippen LogP contribution in [-0.2, 0) is 6.42 Å². The third kappa shape index (κ3) is 2.31. The van der Waals surface area contributed by atoms with Crippen LogP contribution in [0.5, 0.6) is 0 Å². The Kier molecular flexibility index (Phi) is 3.05. The van der Waals surface area contributed by atoms with Gasteiger partial charge in [0.25, 0.3) is 0 Å². The first kappa shape index (κ1) is 10.5. The summed E-state index contributed by atoms with van der Waals surface area (Å²) >= 11 is 0. The highest BCUT2D eigenvalue weighted by atomic mass is 16.1. The molecule has 0 amide bonds. The highest BCUT2D eigenvalue weighted by Gasteiger charge is 2.11. The van der Waals surface area contributed by atoms with E-state index < -0.39 is 0 Å². The molecule has 80 valence electrons. The smallest absolute Gasteiger partial charge is 0.187 e. The van der Waals surface area contributed by atoms with Crippen molar-refractivity contribution in [3.63, 3.8) is 0 Å². The Morgan fingerprint density at radius 1 is 1.12 bits per heavy atom. The fourth-order valence-corrected chi connectivity index (χ4v) is 1.53. The van der Waals surface area contributed by atoms with E-state index in [9.17, 15) is 4.79 Å². The van der Waals surface area contributed by atoms with E-state index in [0.29, 0.717) is 12.1 Å². The van der Waals surface area contributed by atoms with Gasteiger partial charge in [-0.05, 0) is 30.7 Å². The largest absolute Gasteiger partial charge is 0.292 e. The lowest BCUT2D eigenvalue weighted by Crippen LogP contribution is -2.08. The molecule has 2 rings (SSSR count). The summed E-state index contributed by atoms with van der Waals surface area (Å²) in [7, 11) is 0. The molecule has 0 aliphatic heterocycles. The molecule has 0 aliphatic rings. The maximum absolute atomic E-state index is 11.9. The van der Waals surface area contributed by atoms with E-state index in [2.05, 4.69) is 9.97 Å². The summed E-state index contributed by atoms with van der Waals surface area (Å²) in [5, 5.41) is 0. The van der Waals surface area contributed by atoms with Gasteiger partial charge in [0.1, 0.15) is 5.69 Å². The summed E-state index contributed by atoms with van der Waals surface area (Å²) in [6.07, 6.45) is 3.63. The van der Waals surface area contributed by atoms with Crippen molar-refractivity contribution in [1.29, 1.82) is 0 Å². The zero-order valence-electron chi connectivity index (χ0n) is 9.05. The number of rotatable bonds is 3. The minimum atomic E-state index is 0.0109. The van der Waals surface area contributed by atoms with Crippen molar-refractivity contribution in [3.05, 3.63) is 59.7 Å². The van der Waals surface area contributed by atoms with Gasteiger partial charge in [0.2, 0.25) is 0 Å². The average molecular weight is 212 g/mol.